The Labute approximate surface area is 180 Å². The number of nitrogens with one attached hydrogen (secondary N) is 1. The number of fused-ring (bicyclic) bond motifs is 1. The molecule has 0 radical (unpaired) electrons. The van der Waals surface area contributed by atoms with E-state index in [2.05, 4.69) is 5.32 Å². The van der Waals surface area contributed by atoms with E-state index < -0.39 is 0 Å². The second kappa shape index (κ2) is 9.17. The van der Waals surface area contributed by atoms with Crippen LogP contribution in [0.3, 0.4) is 0 Å². The van der Waals surface area contributed by atoms with E-state index in [1.807, 2.05) is 60.7 Å². The van der Waals surface area contributed by atoms with Gasteiger partial charge in [-0.25, -0.2) is 4.98 Å². The lowest BCUT2D eigenvalue weighted by molar-refractivity contribution is -0.118. The van der Waals surface area contributed by atoms with Crippen molar-refractivity contribution in [2.45, 2.75) is 0 Å². The number of anilines is 1. The first-order chi connectivity index (χ1) is 15.2. The van der Waals surface area contributed by atoms with Crippen molar-refractivity contribution in [1.29, 1.82) is 0 Å². The molecular formula is C25H22N2O4. The van der Waals surface area contributed by atoms with Crippen molar-refractivity contribution in [2.75, 3.05) is 26.1 Å². The van der Waals surface area contributed by atoms with Gasteiger partial charge in [-0.05, 0) is 12.1 Å². The average molecular weight is 414 g/mol. The number of nitrogens with zero attached hydrogens (tertiary/aromatic N) is 1. The highest BCUT2D eigenvalue weighted by molar-refractivity contribution is 5.93. The van der Waals surface area contributed by atoms with Gasteiger partial charge in [-0.1, -0.05) is 42.5 Å². The quantitative estimate of drug-likeness (QED) is 0.464. The summed E-state index contributed by atoms with van der Waals surface area (Å²) in [6, 6.07) is 24.6. The molecule has 31 heavy (non-hydrogen) atoms. The summed E-state index contributed by atoms with van der Waals surface area (Å²) in [5, 5.41) is 3.66. The smallest absolute Gasteiger partial charge is 0.262 e. The van der Waals surface area contributed by atoms with Crippen LogP contribution in [0.4, 0.5) is 5.69 Å². The molecule has 0 atom stereocenters. The number of amides is 1. The van der Waals surface area contributed by atoms with Crippen LogP contribution in [0, 0.1) is 0 Å². The van der Waals surface area contributed by atoms with Crippen LogP contribution in [-0.4, -0.2) is 31.7 Å². The summed E-state index contributed by atoms with van der Waals surface area (Å²) in [7, 11) is 3.12. The Morgan fingerprint density at radius 2 is 1.55 bits per heavy atom. The Kier molecular flexibility index (Phi) is 5.98. The lowest BCUT2D eigenvalue weighted by Gasteiger charge is -2.13. The van der Waals surface area contributed by atoms with E-state index in [1.54, 1.807) is 32.4 Å². The summed E-state index contributed by atoms with van der Waals surface area (Å²) in [5.74, 6) is 1.48. The Bertz CT molecular complexity index is 1190. The number of pyridine rings is 1. The summed E-state index contributed by atoms with van der Waals surface area (Å²) < 4.78 is 16.4. The molecule has 0 bridgehead atoms. The molecule has 6 nitrogen and oxygen atoms in total. The molecule has 4 rings (SSSR count). The standard InChI is InChI=1S/C25H22N2O4/c1-29-19-12-18(13-20(14-19)30-2)26-25(28)16-31-24-15-23(17-8-4-3-5-9-17)27-22-11-7-6-10-21(22)24/h3-15H,16H2,1-2H3,(H,26,28). The molecule has 3 aromatic carbocycles. The molecule has 0 saturated carbocycles. The molecule has 1 amide bonds. The van der Waals surface area contributed by atoms with E-state index in [0.29, 0.717) is 22.9 Å². The van der Waals surface area contributed by atoms with Crippen LogP contribution in [0.15, 0.2) is 78.9 Å². The van der Waals surface area contributed by atoms with Crippen LogP contribution in [0.2, 0.25) is 0 Å². The van der Waals surface area contributed by atoms with Crippen LogP contribution in [0.25, 0.3) is 22.2 Å². The largest absolute Gasteiger partial charge is 0.497 e. The lowest BCUT2D eigenvalue weighted by atomic mass is 10.1. The number of methoxy groups -OCH3 is 2. The molecule has 0 aliphatic carbocycles. The molecule has 0 unspecified atom stereocenters. The monoisotopic (exact) mass is 414 g/mol. The Morgan fingerprint density at radius 3 is 2.26 bits per heavy atom. The zero-order valence-electron chi connectivity index (χ0n) is 17.3. The molecular weight excluding hydrogens is 392 g/mol. The molecule has 0 fully saturated rings. The van der Waals surface area contributed by atoms with Gasteiger partial charge >= 0.3 is 0 Å². The van der Waals surface area contributed by atoms with Gasteiger partial charge in [-0.15, -0.1) is 0 Å². The van der Waals surface area contributed by atoms with Crippen LogP contribution in [-0.2, 0) is 4.79 Å². The van der Waals surface area contributed by atoms with Gasteiger partial charge in [-0.3, -0.25) is 4.79 Å². The Hall–Kier alpha value is -4.06. The Balaban J connectivity index is 1.55. The van der Waals surface area contributed by atoms with Crippen molar-refractivity contribution < 1.29 is 19.0 Å². The van der Waals surface area contributed by atoms with E-state index in [0.717, 1.165) is 22.2 Å². The van der Waals surface area contributed by atoms with Gasteiger partial charge in [0, 0.05) is 40.9 Å². The molecule has 6 heteroatoms. The molecule has 0 saturated heterocycles. The zero-order valence-corrected chi connectivity index (χ0v) is 17.3. The third-order valence-electron chi connectivity index (χ3n) is 4.74. The fraction of sp³-hybridized carbons (Fsp3) is 0.120. The van der Waals surface area contributed by atoms with Gasteiger partial charge in [-0.2, -0.15) is 0 Å². The van der Waals surface area contributed by atoms with Crippen LogP contribution < -0.4 is 19.5 Å². The van der Waals surface area contributed by atoms with E-state index in [4.69, 9.17) is 19.2 Å². The lowest BCUT2D eigenvalue weighted by Crippen LogP contribution is -2.20. The summed E-state index contributed by atoms with van der Waals surface area (Å²) in [4.78, 5) is 17.3. The van der Waals surface area contributed by atoms with Crippen molar-refractivity contribution in [3.63, 3.8) is 0 Å². The SMILES string of the molecule is COc1cc(NC(=O)COc2cc(-c3ccccc3)nc3ccccc23)cc(OC)c1. The highest BCUT2D eigenvalue weighted by atomic mass is 16.5. The third-order valence-corrected chi connectivity index (χ3v) is 4.74. The maximum absolute atomic E-state index is 12.5. The minimum Gasteiger partial charge on any atom is -0.497 e. The van der Waals surface area contributed by atoms with E-state index in [-0.39, 0.29) is 12.5 Å². The maximum atomic E-state index is 12.5. The Morgan fingerprint density at radius 1 is 0.871 bits per heavy atom. The molecule has 1 N–H and O–H groups in total. The second-order valence-electron chi connectivity index (χ2n) is 6.83. The van der Waals surface area contributed by atoms with Crippen molar-refractivity contribution >= 4 is 22.5 Å². The summed E-state index contributed by atoms with van der Waals surface area (Å²) in [6.45, 7) is -0.151. The average Bonchev–Trinajstić information content (AvgIpc) is 2.82. The van der Waals surface area contributed by atoms with Crippen molar-refractivity contribution in [1.82, 2.24) is 4.98 Å². The summed E-state index contributed by atoms with van der Waals surface area (Å²) in [6.07, 6.45) is 0. The first-order valence-corrected chi connectivity index (χ1v) is 9.77. The van der Waals surface area contributed by atoms with Gasteiger partial charge in [0.05, 0.1) is 25.4 Å². The summed E-state index contributed by atoms with van der Waals surface area (Å²) >= 11 is 0. The molecule has 0 aliphatic rings. The van der Waals surface area contributed by atoms with Crippen molar-refractivity contribution in [2.24, 2.45) is 0 Å². The van der Waals surface area contributed by atoms with Crippen molar-refractivity contribution in [3.8, 4) is 28.5 Å². The molecule has 0 spiro atoms. The minimum atomic E-state index is -0.294. The predicted molar refractivity (Wildman–Crippen MR) is 121 cm³/mol. The van der Waals surface area contributed by atoms with E-state index >= 15 is 0 Å². The summed E-state index contributed by atoms with van der Waals surface area (Å²) in [5.41, 5.74) is 3.13. The molecule has 0 aliphatic heterocycles. The number of hydrogen-bond acceptors (Lipinski definition) is 5. The highest BCUT2D eigenvalue weighted by Crippen LogP contribution is 2.30. The normalized spacial score (nSPS) is 10.5. The number of ether oxygens (including phenoxy) is 3. The topological polar surface area (TPSA) is 69.7 Å². The molecule has 4 aromatic rings. The number of aromatic nitrogens is 1. The third kappa shape index (κ3) is 4.75. The fourth-order valence-electron chi connectivity index (χ4n) is 3.24. The first kappa shape index (κ1) is 20.2. The van der Waals surface area contributed by atoms with E-state index in [9.17, 15) is 4.79 Å². The van der Waals surface area contributed by atoms with Crippen molar-refractivity contribution in [3.05, 3.63) is 78.9 Å². The number of rotatable bonds is 7. The zero-order chi connectivity index (χ0) is 21.6. The number of para-hydroxylation sites is 1. The first-order valence-electron chi connectivity index (χ1n) is 9.77. The highest BCUT2D eigenvalue weighted by Gasteiger charge is 2.11. The minimum absolute atomic E-state index is 0.151. The van der Waals surface area contributed by atoms with Crippen LogP contribution in [0.5, 0.6) is 17.2 Å². The van der Waals surface area contributed by atoms with Crippen LogP contribution in [0.1, 0.15) is 0 Å². The van der Waals surface area contributed by atoms with Gasteiger partial charge in [0.1, 0.15) is 17.2 Å². The van der Waals surface area contributed by atoms with Gasteiger partial charge < -0.3 is 19.5 Å². The number of hydrogen-bond donors (Lipinski definition) is 1. The van der Waals surface area contributed by atoms with Gasteiger partial charge in [0.15, 0.2) is 6.61 Å². The predicted octanol–water partition coefficient (Wildman–Crippen LogP) is 4.94. The molecule has 1 heterocycles. The van der Waals surface area contributed by atoms with Crippen LogP contribution >= 0.6 is 0 Å². The number of carbonyl (C=O) groups excluding carboxylic acids is 1. The number of carbonyl (C=O) groups is 1. The van der Waals surface area contributed by atoms with Gasteiger partial charge in [0.25, 0.3) is 5.91 Å². The number of benzene rings is 3. The maximum Gasteiger partial charge on any atom is 0.262 e. The molecule has 156 valence electrons. The van der Waals surface area contributed by atoms with Gasteiger partial charge in [0.2, 0.25) is 0 Å². The second-order valence-corrected chi connectivity index (χ2v) is 6.83. The van der Waals surface area contributed by atoms with E-state index in [1.165, 1.54) is 0 Å². The fourth-order valence-corrected chi connectivity index (χ4v) is 3.24. The molecule has 1 aromatic heterocycles.